The van der Waals surface area contributed by atoms with Crippen LogP contribution in [-0.2, 0) is 6.54 Å². The van der Waals surface area contributed by atoms with Gasteiger partial charge in [0.1, 0.15) is 11.5 Å². The van der Waals surface area contributed by atoms with Crippen molar-refractivity contribution < 1.29 is 4.42 Å². The maximum Gasteiger partial charge on any atom is 0.214 e. The molecule has 0 unspecified atom stereocenters. The van der Waals surface area contributed by atoms with Gasteiger partial charge in [-0.2, -0.15) is 5.10 Å². The zero-order chi connectivity index (χ0) is 18.8. The molecule has 0 spiro atoms. The molecule has 0 aliphatic heterocycles. The van der Waals surface area contributed by atoms with Crippen LogP contribution in [0.4, 0.5) is 0 Å². The summed E-state index contributed by atoms with van der Waals surface area (Å²) in [5, 5.41) is 7.74. The normalized spacial score (nSPS) is 10.9. The van der Waals surface area contributed by atoms with Gasteiger partial charge in [-0.15, -0.1) is 0 Å². The number of aromatic nitrogens is 3. The standard InChI is InChI=1S/C19H14BrClN4OS/c20-13-6-8-15(16(21)10-13)17-9-7-14(26-17)11-22-25-18(23-24-19(25)27)12-4-2-1-3-5-12/h1-10,22H,11H2,(H,24,27). The molecule has 0 atom stereocenters. The van der Waals surface area contributed by atoms with Gasteiger partial charge in [0, 0.05) is 15.6 Å². The minimum Gasteiger partial charge on any atom is -0.459 e. The fourth-order valence-corrected chi connectivity index (χ4v) is 3.65. The number of H-pyrrole nitrogens is 1. The van der Waals surface area contributed by atoms with Crippen LogP contribution in [0.5, 0.6) is 0 Å². The molecule has 136 valence electrons. The monoisotopic (exact) mass is 460 g/mol. The predicted octanol–water partition coefficient (Wildman–Crippen LogP) is 6.03. The maximum absolute atomic E-state index is 6.31. The first-order chi connectivity index (χ1) is 13.1. The van der Waals surface area contributed by atoms with Gasteiger partial charge in [-0.1, -0.05) is 57.9 Å². The summed E-state index contributed by atoms with van der Waals surface area (Å²) in [5.41, 5.74) is 5.05. The number of aromatic amines is 1. The molecular formula is C19H14BrClN4OS. The Morgan fingerprint density at radius 3 is 2.74 bits per heavy atom. The first-order valence-corrected chi connectivity index (χ1v) is 9.70. The van der Waals surface area contributed by atoms with E-state index in [1.54, 1.807) is 4.68 Å². The fourth-order valence-electron chi connectivity index (χ4n) is 2.69. The van der Waals surface area contributed by atoms with Crippen LogP contribution in [0.1, 0.15) is 5.76 Å². The van der Waals surface area contributed by atoms with E-state index in [1.165, 1.54) is 0 Å². The van der Waals surface area contributed by atoms with E-state index in [0.717, 1.165) is 21.4 Å². The summed E-state index contributed by atoms with van der Waals surface area (Å²) in [5.74, 6) is 2.18. The van der Waals surface area contributed by atoms with Crippen LogP contribution in [0, 0.1) is 4.77 Å². The van der Waals surface area contributed by atoms with Crippen molar-refractivity contribution in [1.82, 2.24) is 14.9 Å². The first-order valence-electron chi connectivity index (χ1n) is 8.12. The molecule has 2 heterocycles. The smallest absolute Gasteiger partial charge is 0.214 e. The Kier molecular flexibility index (Phi) is 5.15. The molecule has 0 saturated heterocycles. The molecule has 0 aliphatic rings. The topological polar surface area (TPSA) is 58.8 Å². The van der Waals surface area contributed by atoms with Crippen LogP contribution >= 0.6 is 39.7 Å². The maximum atomic E-state index is 6.31. The average molecular weight is 462 g/mol. The molecule has 0 saturated carbocycles. The summed E-state index contributed by atoms with van der Waals surface area (Å²) in [6.45, 7) is 0.446. The Bertz CT molecular complexity index is 1140. The lowest BCUT2D eigenvalue weighted by Gasteiger charge is -2.08. The van der Waals surface area contributed by atoms with Crippen molar-refractivity contribution in [1.29, 1.82) is 0 Å². The van der Waals surface area contributed by atoms with Crippen LogP contribution in [0.15, 0.2) is 69.6 Å². The molecule has 8 heteroatoms. The van der Waals surface area contributed by atoms with Gasteiger partial charge >= 0.3 is 0 Å². The molecular weight excluding hydrogens is 448 g/mol. The van der Waals surface area contributed by atoms with E-state index >= 15 is 0 Å². The summed E-state index contributed by atoms with van der Waals surface area (Å²) in [7, 11) is 0. The van der Waals surface area contributed by atoms with E-state index in [2.05, 4.69) is 31.6 Å². The Morgan fingerprint density at radius 2 is 1.96 bits per heavy atom. The Morgan fingerprint density at radius 1 is 1.15 bits per heavy atom. The van der Waals surface area contributed by atoms with E-state index in [9.17, 15) is 0 Å². The van der Waals surface area contributed by atoms with Gasteiger partial charge in [-0.05, 0) is 42.5 Å². The summed E-state index contributed by atoms with van der Waals surface area (Å²) >= 11 is 15.0. The molecule has 2 aromatic carbocycles. The average Bonchev–Trinajstić information content (AvgIpc) is 3.27. The quantitative estimate of drug-likeness (QED) is 0.356. The van der Waals surface area contributed by atoms with Gasteiger partial charge < -0.3 is 9.84 Å². The number of benzene rings is 2. The molecule has 0 amide bonds. The predicted molar refractivity (Wildman–Crippen MR) is 113 cm³/mol. The Labute approximate surface area is 174 Å². The molecule has 2 N–H and O–H groups in total. The van der Waals surface area contributed by atoms with Crippen molar-refractivity contribution in [2.45, 2.75) is 6.54 Å². The van der Waals surface area contributed by atoms with Crippen LogP contribution in [-0.4, -0.2) is 14.9 Å². The van der Waals surface area contributed by atoms with Crippen molar-refractivity contribution in [2.24, 2.45) is 0 Å². The van der Waals surface area contributed by atoms with Crippen LogP contribution < -0.4 is 5.43 Å². The van der Waals surface area contributed by atoms with Gasteiger partial charge in [-0.25, -0.2) is 9.77 Å². The highest BCUT2D eigenvalue weighted by Crippen LogP contribution is 2.31. The summed E-state index contributed by atoms with van der Waals surface area (Å²) in [4.78, 5) is 0. The second kappa shape index (κ2) is 7.72. The second-order valence-corrected chi connectivity index (χ2v) is 7.49. The molecule has 2 aromatic heterocycles. The van der Waals surface area contributed by atoms with Crippen molar-refractivity contribution in [3.05, 3.63) is 80.7 Å². The summed E-state index contributed by atoms with van der Waals surface area (Å²) < 4.78 is 9.08. The number of rotatable bonds is 5. The number of nitrogens with zero attached hydrogens (tertiary/aromatic N) is 2. The summed E-state index contributed by atoms with van der Waals surface area (Å²) in [6, 6.07) is 19.3. The van der Waals surface area contributed by atoms with E-state index in [1.807, 2.05) is 60.7 Å². The zero-order valence-electron chi connectivity index (χ0n) is 13.9. The lowest BCUT2D eigenvalue weighted by molar-refractivity contribution is 0.523. The van der Waals surface area contributed by atoms with Gasteiger partial charge in [0.15, 0.2) is 5.82 Å². The van der Waals surface area contributed by atoms with Crippen molar-refractivity contribution in [2.75, 3.05) is 5.43 Å². The number of hydrogen-bond donors (Lipinski definition) is 2. The molecule has 0 radical (unpaired) electrons. The van der Waals surface area contributed by atoms with Gasteiger partial charge in [-0.3, -0.25) is 0 Å². The van der Waals surface area contributed by atoms with Crippen molar-refractivity contribution in [3.63, 3.8) is 0 Å². The highest BCUT2D eigenvalue weighted by molar-refractivity contribution is 9.10. The van der Waals surface area contributed by atoms with E-state index in [0.29, 0.717) is 27.9 Å². The Hall–Kier alpha value is -2.35. The lowest BCUT2D eigenvalue weighted by Crippen LogP contribution is -2.15. The molecule has 0 aliphatic carbocycles. The number of nitrogens with one attached hydrogen (secondary N) is 2. The number of furan rings is 1. The minimum absolute atomic E-state index is 0.446. The second-order valence-electron chi connectivity index (χ2n) is 5.78. The van der Waals surface area contributed by atoms with Gasteiger partial charge in [0.05, 0.1) is 11.6 Å². The summed E-state index contributed by atoms with van der Waals surface area (Å²) in [6.07, 6.45) is 0. The fraction of sp³-hybridized carbons (Fsp3) is 0.0526. The van der Waals surface area contributed by atoms with Crippen LogP contribution in [0.25, 0.3) is 22.7 Å². The minimum atomic E-state index is 0.446. The third-order valence-electron chi connectivity index (χ3n) is 3.97. The SMILES string of the molecule is S=c1[nH]nc(-c2ccccc2)n1NCc1ccc(-c2ccc(Br)cc2Cl)o1. The van der Waals surface area contributed by atoms with Crippen molar-refractivity contribution in [3.8, 4) is 22.7 Å². The lowest BCUT2D eigenvalue weighted by atomic mass is 10.2. The molecule has 27 heavy (non-hydrogen) atoms. The van der Waals surface area contributed by atoms with Crippen LogP contribution in [0.3, 0.4) is 0 Å². The first kappa shape index (κ1) is 18.0. The highest BCUT2D eigenvalue weighted by atomic mass is 79.9. The number of halogens is 2. The van der Waals surface area contributed by atoms with Gasteiger partial charge in [0.2, 0.25) is 4.77 Å². The molecule has 4 aromatic rings. The number of hydrogen-bond acceptors (Lipinski definition) is 4. The van der Waals surface area contributed by atoms with Crippen LogP contribution in [0.2, 0.25) is 5.02 Å². The molecule has 0 fully saturated rings. The third-order valence-corrected chi connectivity index (χ3v) is 5.05. The van der Waals surface area contributed by atoms with E-state index < -0.39 is 0 Å². The zero-order valence-corrected chi connectivity index (χ0v) is 17.1. The van der Waals surface area contributed by atoms with E-state index in [4.69, 9.17) is 28.2 Å². The third kappa shape index (κ3) is 3.85. The molecule has 0 bridgehead atoms. The molecule has 5 nitrogen and oxygen atoms in total. The largest absolute Gasteiger partial charge is 0.459 e. The van der Waals surface area contributed by atoms with E-state index in [-0.39, 0.29) is 0 Å². The Balaban J connectivity index is 1.55. The van der Waals surface area contributed by atoms with Crippen molar-refractivity contribution >= 4 is 39.7 Å². The highest BCUT2D eigenvalue weighted by Gasteiger charge is 2.11. The van der Waals surface area contributed by atoms with Gasteiger partial charge in [0.25, 0.3) is 0 Å². The molecule has 4 rings (SSSR count).